The van der Waals surface area contributed by atoms with Crippen molar-refractivity contribution >= 4 is 30.4 Å². The SMILES string of the molecule is CC(/C=C/C/C=C/C(N)CS)C(=O)NCC(=O)O.CCC(N)=O. The number of carboxylic acid groups (broad SMARTS) is 1. The smallest absolute Gasteiger partial charge is 0.322 e. The zero-order valence-corrected chi connectivity index (χ0v) is 14.5. The average Bonchev–Trinajstić information content (AvgIpc) is 2.51. The van der Waals surface area contributed by atoms with Crippen LogP contribution in [0.25, 0.3) is 0 Å². The van der Waals surface area contributed by atoms with Crippen LogP contribution >= 0.6 is 12.6 Å². The van der Waals surface area contributed by atoms with Crippen molar-refractivity contribution in [1.82, 2.24) is 5.32 Å². The van der Waals surface area contributed by atoms with Gasteiger partial charge in [-0.25, -0.2) is 0 Å². The summed E-state index contributed by atoms with van der Waals surface area (Å²) in [6.45, 7) is 3.08. The Morgan fingerprint density at radius 3 is 2.22 bits per heavy atom. The van der Waals surface area contributed by atoms with Crippen molar-refractivity contribution in [3.63, 3.8) is 0 Å². The molecule has 0 bridgehead atoms. The van der Waals surface area contributed by atoms with Gasteiger partial charge in [-0.3, -0.25) is 14.4 Å². The van der Waals surface area contributed by atoms with Crippen molar-refractivity contribution in [2.45, 2.75) is 32.7 Å². The van der Waals surface area contributed by atoms with Crippen LogP contribution in [0.1, 0.15) is 26.7 Å². The summed E-state index contributed by atoms with van der Waals surface area (Å²) < 4.78 is 0. The first-order valence-electron chi connectivity index (χ1n) is 7.22. The highest BCUT2D eigenvalue weighted by Gasteiger charge is 2.09. The molecule has 2 atom stereocenters. The molecular weight excluding hydrogens is 318 g/mol. The number of primary amides is 1. The molecule has 0 aliphatic rings. The van der Waals surface area contributed by atoms with E-state index in [1.807, 2.05) is 18.2 Å². The Labute approximate surface area is 142 Å². The van der Waals surface area contributed by atoms with E-state index in [4.69, 9.17) is 10.8 Å². The van der Waals surface area contributed by atoms with Crippen LogP contribution in [0.5, 0.6) is 0 Å². The Morgan fingerprint density at radius 1 is 1.26 bits per heavy atom. The van der Waals surface area contributed by atoms with Crippen LogP contribution in [-0.4, -0.2) is 41.2 Å². The Balaban J connectivity index is 0. The number of amides is 2. The minimum absolute atomic E-state index is 0.0574. The van der Waals surface area contributed by atoms with Crippen LogP contribution < -0.4 is 16.8 Å². The molecule has 0 radical (unpaired) electrons. The maximum atomic E-state index is 11.4. The highest BCUT2D eigenvalue weighted by molar-refractivity contribution is 7.80. The predicted molar refractivity (Wildman–Crippen MR) is 94.0 cm³/mol. The van der Waals surface area contributed by atoms with Crippen molar-refractivity contribution in [2.75, 3.05) is 12.3 Å². The number of hydrogen-bond donors (Lipinski definition) is 5. The minimum atomic E-state index is -1.05. The molecule has 0 heterocycles. The summed E-state index contributed by atoms with van der Waals surface area (Å²) in [6.07, 6.45) is 8.45. The monoisotopic (exact) mass is 345 g/mol. The first kappa shape index (κ1) is 23.5. The van der Waals surface area contributed by atoms with Gasteiger partial charge in [0.15, 0.2) is 0 Å². The second-order valence-corrected chi connectivity index (χ2v) is 5.02. The van der Waals surface area contributed by atoms with E-state index in [0.717, 1.165) is 0 Å². The Kier molecular flexibility index (Phi) is 15.4. The summed E-state index contributed by atoms with van der Waals surface area (Å²) in [6, 6.07) is -0.0574. The molecule has 0 aliphatic heterocycles. The topological polar surface area (TPSA) is 136 Å². The number of rotatable bonds is 9. The Bertz CT molecular complexity index is 425. The third-order valence-corrected chi connectivity index (χ3v) is 2.89. The van der Waals surface area contributed by atoms with E-state index in [9.17, 15) is 14.4 Å². The highest BCUT2D eigenvalue weighted by atomic mass is 32.1. The second-order valence-electron chi connectivity index (χ2n) is 4.66. The van der Waals surface area contributed by atoms with E-state index in [-0.39, 0.29) is 30.3 Å². The van der Waals surface area contributed by atoms with Gasteiger partial charge in [-0.1, -0.05) is 38.2 Å². The van der Waals surface area contributed by atoms with Crippen molar-refractivity contribution in [1.29, 1.82) is 0 Å². The van der Waals surface area contributed by atoms with Gasteiger partial charge in [0.05, 0.1) is 5.92 Å². The summed E-state index contributed by atoms with van der Waals surface area (Å²) in [5.74, 6) is -1.36. The molecule has 0 aromatic carbocycles. The third kappa shape index (κ3) is 18.2. The molecule has 0 rings (SSSR count). The summed E-state index contributed by atoms with van der Waals surface area (Å²) >= 11 is 4.04. The molecule has 2 amide bonds. The van der Waals surface area contributed by atoms with Crippen LogP contribution in [0.3, 0.4) is 0 Å². The number of carboxylic acids is 1. The van der Waals surface area contributed by atoms with Gasteiger partial charge in [0, 0.05) is 18.2 Å². The number of allylic oxidation sites excluding steroid dienone is 2. The predicted octanol–water partition coefficient (Wildman–Crippen LogP) is 0.465. The molecule has 132 valence electrons. The zero-order valence-electron chi connectivity index (χ0n) is 13.6. The van der Waals surface area contributed by atoms with Gasteiger partial charge in [0.2, 0.25) is 11.8 Å². The standard InChI is InChI=1S/C12H20N2O3S.C3H7NO/c1-9(12(17)14-7-11(15)16)5-3-2-4-6-10(13)8-18;1-2-3(4)5/h3-6,9-10,18H,2,7-8,13H2,1H3,(H,14,17)(H,15,16);2H2,1H3,(H2,4,5)/b5-3+,6-4+;. The number of thiol groups is 1. The molecule has 0 saturated carbocycles. The van der Waals surface area contributed by atoms with Crippen molar-refractivity contribution < 1.29 is 19.5 Å². The van der Waals surface area contributed by atoms with E-state index in [0.29, 0.717) is 18.6 Å². The van der Waals surface area contributed by atoms with Crippen LogP contribution in [0.15, 0.2) is 24.3 Å². The largest absolute Gasteiger partial charge is 0.480 e. The molecule has 0 aromatic heterocycles. The zero-order chi connectivity index (χ0) is 18.3. The van der Waals surface area contributed by atoms with Crippen molar-refractivity contribution in [2.24, 2.45) is 17.4 Å². The van der Waals surface area contributed by atoms with Gasteiger partial charge in [0.25, 0.3) is 0 Å². The molecule has 8 heteroatoms. The van der Waals surface area contributed by atoms with E-state index < -0.39 is 5.97 Å². The lowest BCUT2D eigenvalue weighted by molar-refractivity contribution is -0.138. The molecule has 2 unspecified atom stereocenters. The fraction of sp³-hybridized carbons (Fsp3) is 0.533. The van der Waals surface area contributed by atoms with E-state index >= 15 is 0 Å². The molecule has 0 aliphatic carbocycles. The number of nitrogens with one attached hydrogen (secondary N) is 1. The first-order valence-corrected chi connectivity index (χ1v) is 7.85. The van der Waals surface area contributed by atoms with Crippen LogP contribution in [0, 0.1) is 5.92 Å². The molecule has 6 N–H and O–H groups in total. The number of aliphatic carboxylic acids is 1. The van der Waals surface area contributed by atoms with Crippen molar-refractivity contribution in [3.8, 4) is 0 Å². The molecule has 23 heavy (non-hydrogen) atoms. The van der Waals surface area contributed by atoms with Gasteiger partial charge < -0.3 is 21.9 Å². The number of hydrogen-bond acceptors (Lipinski definition) is 5. The fourth-order valence-corrected chi connectivity index (χ4v) is 1.21. The van der Waals surface area contributed by atoms with Gasteiger partial charge in [-0.05, 0) is 6.42 Å². The Hall–Kier alpha value is -1.80. The normalized spacial score (nSPS) is 13.2. The molecule has 0 saturated heterocycles. The van der Waals surface area contributed by atoms with Gasteiger partial charge >= 0.3 is 5.97 Å². The van der Waals surface area contributed by atoms with E-state index in [2.05, 4.69) is 23.7 Å². The summed E-state index contributed by atoms with van der Waals surface area (Å²) in [7, 11) is 0. The summed E-state index contributed by atoms with van der Waals surface area (Å²) in [5.41, 5.74) is 10.3. The third-order valence-electron chi connectivity index (χ3n) is 2.47. The second kappa shape index (κ2) is 15.1. The van der Waals surface area contributed by atoms with Gasteiger partial charge in [-0.15, -0.1) is 0 Å². The summed E-state index contributed by atoms with van der Waals surface area (Å²) in [5, 5.41) is 10.7. The molecule has 0 aromatic rings. The lowest BCUT2D eigenvalue weighted by Crippen LogP contribution is -2.32. The van der Waals surface area contributed by atoms with Crippen LogP contribution in [0.4, 0.5) is 0 Å². The fourth-order valence-electron chi connectivity index (χ4n) is 1.09. The lowest BCUT2D eigenvalue weighted by Gasteiger charge is -2.05. The number of carbonyl (C=O) groups is 3. The quantitative estimate of drug-likeness (QED) is 0.306. The van der Waals surface area contributed by atoms with E-state index in [1.165, 1.54) is 0 Å². The molecular formula is C15H27N3O4S. The van der Waals surface area contributed by atoms with Crippen LogP contribution in [0.2, 0.25) is 0 Å². The van der Waals surface area contributed by atoms with Gasteiger partial charge in [0.1, 0.15) is 6.54 Å². The molecule has 0 spiro atoms. The lowest BCUT2D eigenvalue weighted by atomic mass is 10.1. The average molecular weight is 345 g/mol. The number of carbonyl (C=O) groups excluding carboxylic acids is 2. The van der Waals surface area contributed by atoms with E-state index in [1.54, 1.807) is 19.9 Å². The number of nitrogens with two attached hydrogens (primary N) is 2. The molecule has 7 nitrogen and oxygen atoms in total. The first-order chi connectivity index (χ1) is 10.7. The highest BCUT2D eigenvalue weighted by Crippen LogP contribution is 1.99. The molecule has 0 fully saturated rings. The van der Waals surface area contributed by atoms with Crippen molar-refractivity contribution in [3.05, 3.63) is 24.3 Å². The minimum Gasteiger partial charge on any atom is -0.480 e. The van der Waals surface area contributed by atoms with Crippen LogP contribution in [-0.2, 0) is 14.4 Å². The maximum Gasteiger partial charge on any atom is 0.322 e. The summed E-state index contributed by atoms with van der Waals surface area (Å²) in [4.78, 5) is 31.2. The maximum absolute atomic E-state index is 11.4. The Morgan fingerprint density at radius 2 is 1.78 bits per heavy atom. The van der Waals surface area contributed by atoms with Gasteiger partial charge in [-0.2, -0.15) is 12.6 Å².